The maximum atomic E-state index is 13.5. The number of alkyl halides is 3. The number of anilines is 1. The number of aromatic amines is 1. The van der Waals surface area contributed by atoms with E-state index in [9.17, 15) is 22.4 Å². The molecule has 0 fully saturated rings. The average Bonchev–Trinajstić information content (AvgIpc) is 2.75. The third kappa shape index (κ3) is 4.37. The van der Waals surface area contributed by atoms with Gasteiger partial charge in [-0.05, 0) is 24.6 Å². The van der Waals surface area contributed by atoms with E-state index >= 15 is 0 Å². The zero-order valence-corrected chi connectivity index (χ0v) is 17.9. The number of rotatable bonds is 4. The molecule has 0 aliphatic carbocycles. The van der Waals surface area contributed by atoms with Crippen molar-refractivity contribution in [3.8, 4) is 6.01 Å². The molecule has 0 unspecified atom stereocenters. The van der Waals surface area contributed by atoms with Crippen molar-refractivity contribution in [1.82, 2.24) is 20.2 Å². The van der Waals surface area contributed by atoms with Crippen molar-refractivity contribution in [2.24, 2.45) is 0 Å². The number of nitrogens with one attached hydrogen (secondary N) is 1. The van der Waals surface area contributed by atoms with Gasteiger partial charge in [-0.15, -0.1) is 0 Å². The second kappa shape index (κ2) is 8.58. The van der Waals surface area contributed by atoms with E-state index in [0.717, 1.165) is 23.9 Å². The second-order valence-corrected chi connectivity index (χ2v) is 8.16. The molecule has 3 heterocycles. The SMILES string of the molecule is COc1nc2c(c(Sc3ccc(F)cc3C(F)(F)F)n1)CCN(c1cn[nH]c(=O)c1Cl)C2. The number of benzene rings is 1. The van der Waals surface area contributed by atoms with Gasteiger partial charge in [0.1, 0.15) is 15.9 Å². The minimum Gasteiger partial charge on any atom is -0.467 e. The lowest BCUT2D eigenvalue weighted by molar-refractivity contribution is -0.139. The lowest BCUT2D eigenvalue weighted by atomic mass is 10.1. The van der Waals surface area contributed by atoms with E-state index in [2.05, 4.69) is 20.2 Å². The quantitative estimate of drug-likeness (QED) is 0.438. The van der Waals surface area contributed by atoms with Gasteiger partial charge in [0.2, 0.25) is 0 Å². The Labute approximate surface area is 187 Å². The summed E-state index contributed by atoms with van der Waals surface area (Å²) in [6, 6.07) is 2.46. The van der Waals surface area contributed by atoms with Crippen molar-refractivity contribution >= 4 is 29.1 Å². The van der Waals surface area contributed by atoms with Crippen molar-refractivity contribution in [2.75, 3.05) is 18.6 Å². The van der Waals surface area contributed by atoms with Crippen LogP contribution in [-0.4, -0.2) is 33.8 Å². The Kier molecular flexibility index (Phi) is 5.99. The number of ether oxygens (including phenoxy) is 1. The third-order valence-electron chi connectivity index (χ3n) is 4.76. The van der Waals surface area contributed by atoms with Crippen LogP contribution < -0.4 is 15.2 Å². The van der Waals surface area contributed by atoms with E-state index in [0.29, 0.717) is 36.0 Å². The van der Waals surface area contributed by atoms with E-state index in [-0.39, 0.29) is 27.5 Å². The molecule has 32 heavy (non-hydrogen) atoms. The molecule has 0 saturated heterocycles. The van der Waals surface area contributed by atoms with Crippen LogP contribution in [0.5, 0.6) is 6.01 Å². The monoisotopic (exact) mass is 487 g/mol. The fourth-order valence-electron chi connectivity index (χ4n) is 3.27. The van der Waals surface area contributed by atoms with E-state index in [1.54, 1.807) is 4.90 Å². The fraction of sp³-hybridized carbons (Fsp3) is 0.263. The first-order chi connectivity index (χ1) is 15.2. The smallest absolute Gasteiger partial charge is 0.417 e. The largest absolute Gasteiger partial charge is 0.467 e. The van der Waals surface area contributed by atoms with Gasteiger partial charge < -0.3 is 9.64 Å². The summed E-state index contributed by atoms with van der Waals surface area (Å²) in [5.74, 6) is -0.983. The molecule has 7 nitrogen and oxygen atoms in total. The van der Waals surface area contributed by atoms with Gasteiger partial charge in [-0.1, -0.05) is 23.4 Å². The summed E-state index contributed by atoms with van der Waals surface area (Å²) in [5.41, 5.74) is -0.0723. The highest BCUT2D eigenvalue weighted by Crippen LogP contribution is 2.42. The Hall–Kier alpha value is -2.86. The summed E-state index contributed by atoms with van der Waals surface area (Å²) in [7, 11) is 1.34. The number of hydrogen-bond acceptors (Lipinski definition) is 7. The predicted molar refractivity (Wildman–Crippen MR) is 109 cm³/mol. The van der Waals surface area contributed by atoms with Crippen molar-refractivity contribution in [2.45, 2.75) is 29.1 Å². The molecule has 0 atom stereocenters. The lowest BCUT2D eigenvalue weighted by Gasteiger charge is -2.30. The molecule has 0 amide bonds. The van der Waals surface area contributed by atoms with Crippen LogP contribution >= 0.6 is 23.4 Å². The second-order valence-electron chi connectivity index (χ2n) is 6.75. The van der Waals surface area contributed by atoms with Gasteiger partial charge in [0.05, 0.1) is 36.8 Å². The highest BCUT2D eigenvalue weighted by atomic mass is 35.5. The normalized spacial score (nSPS) is 13.8. The molecular weight excluding hydrogens is 474 g/mol. The fourth-order valence-corrected chi connectivity index (χ4v) is 4.57. The van der Waals surface area contributed by atoms with Crippen molar-refractivity contribution in [1.29, 1.82) is 0 Å². The van der Waals surface area contributed by atoms with Crippen LogP contribution in [0, 0.1) is 5.82 Å². The zero-order valence-electron chi connectivity index (χ0n) is 16.3. The molecule has 1 aromatic carbocycles. The maximum absolute atomic E-state index is 13.5. The number of methoxy groups -OCH3 is 1. The summed E-state index contributed by atoms with van der Waals surface area (Å²) in [5, 5.41) is 6.25. The summed E-state index contributed by atoms with van der Waals surface area (Å²) in [6.45, 7) is 0.610. The molecule has 168 valence electrons. The number of hydrogen-bond donors (Lipinski definition) is 1. The molecule has 2 aromatic heterocycles. The highest BCUT2D eigenvalue weighted by Gasteiger charge is 2.35. The summed E-state index contributed by atoms with van der Waals surface area (Å²) in [4.78, 5) is 21.9. The number of halogens is 5. The molecule has 0 spiro atoms. The van der Waals surface area contributed by atoms with Crippen LogP contribution in [0.25, 0.3) is 0 Å². The van der Waals surface area contributed by atoms with Gasteiger partial charge in [0.15, 0.2) is 0 Å². The first-order valence-electron chi connectivity index (χ1n) is 9.14. The Balaban J connectivity index is 1.73. The van der Waals surface area contributed by atoms with Crippen LogP contribution in [-0.2, 0) is 19.1 Å². The van der Waals surface area contributed by atoms with Crippen molar-refractivity contribution in [3.63, 3.8) is 0 Å². The minimum absolute atomic E-state index is 0.0276. The maximum Gasteiger partial charge on any atom is 0.417 e. The van der Waals surface area contributed by atoms with Crippen molar-refractivity contribution < 1.29 is 22.3 Å². The van der Waals surface area contributed by atoms with E-state index in [1.807, 2.05) is 0 Å². The molecule has 4 rings (SSSR count). The first-order valence-corrected chi connectivity index (χ1v) is 10.3. The Morgan fingerprint density at radius 1 is 1.28 bits per heavy atom. The standard InChI is InChI=1S/C19H14ClF4N5O2S/c1-31-18-26-12-8-29(13-7-25-28-16(30)15(13)20)5-4-10(12)17(27-18)32-14-3-2-9(21)6-11(14)19(22,23)24/h2-3,6-7H,4-5,8H2,1H3,(H,28,30). The summed E-state index contributed by atoms with van der Waals surface area (Å²) < 4.78 is 58.9. The molecule has 0 saturated carbocycles. The summed E-state index contributed by atoms with van der Waals surface area (Å²) in [6.07, 6.45) is -2.95. The van der Waals surface area contributed by atoms with E-state index in [4.69, 9.17) is 16.3 Å². The molecule has 1 aliphatic heterocycles. The van der Waals surface area contributed by atoms with E-state index in [1.165, 1.54) is 13.3 Å². The van der Waals surface area contributed by atoms with Gasteiger partial charge in [-0.3, -0.25) is 4.79 Å². The first kappa shape index (κ1) is 22.3. The van der Waals surface area contributed by atoms with Crippen LogP contribution in [0.1, 0.15) is 16.8 Å². The molecule has 13 heteroatoms. The lowest BCUT2D eigenvalue weighted by Crippen LogP contribution is -2.33. The molecule has 3 aromatic rings. The Morgan fingerprint density at radius 3 is 2.78 bits per heavy atom. The molecule has 0 bridgehead atoms. The van der Waals surface area contributed by atoms with Crippen LogP contribution in [0.4, 0.5) is 23.2 Å². The Morgan fingerprint density at radius 2 is 2.06 bits per heavy atom. The van der Waals surface area contributed by atoms with Crippen LogP contribution in [0.2, 0.25) is 5.02 Å². The Bertz CT molecular complexity index is 1240. The number of fused-ring (bicyclic) bond motifs is 1. The predicted octanol–water partition coefficient (Wildman–Crippen LogP) is 4.09. The zero-order chi connectivity index (χ0) is 23.0. The van der Waals surface area contributed by atoms with Crippen molar-refractivity contribution in [3.05, 3.63) is 62.4 Å². The minimum atomic E-state index is -4.73. The molecule has 0 radical (unpaired) electrons. The number of H-pyrrole nitrogens is 1. The van der Waals surface area contributed by atoms with Gasteiger partial charge in [-0.25, -0.2) is 9.49 Å². The van der Waals surface area contributed by atoms with E-state index < -0.39 is 23.1 Å². The summed E-state index contributed by atoms with van der Waals surface area (Å²) >= 11 is 6.87. The van der Waals surface area contributed by atoms with Gasteiger partial charge in [0, 0.05) is 17.0 Å². The van der Waals surface area contributed by atoms with Gasteiger partial charge in [-0.2, -0.15) is 28.2 Å². The topological polar surface area (TPSA) is 84.0 Å². The number of nitrogens with zero attached hydrogens (tertiary/aromatic N) is 4. The van der Waals surface area contributed by atoms with Crippen LogP contribution in [0.3, 0.4) is 0 Å². The average molecular weight is 488 g/mol. The molecule has 1 aliphatic rings. The van der Waals surface area contributed by atoms with Crippen LogP contribution in [0.15, 0.2) is 39.1 Å². The highest BCUT2D eigenvalue weighted by molar-refractivity contribution is 7.99. The number of aromatic nitrogens is 4. The third-order valence-corrected chi connectivity index (χ3v) is 6.23. The van der Waals surface area contributed by atoms with Gasteiger partial charge >= 0.3 is 12.2 Å². The molecular formula is C19H14ClF4N5O2S. The molecule has 1 N–H and O–H groups in total. The van der Waals surface area contributed by atoms with Gasteiger partial charge in [0.25, 0.3) is 5.56 Å².